The lowest BCUT2D eigenvalue weighted by atomic mass is 9.98. The van der Waals surface area contributed by atoms with Crippen molar-refractivity contribution in [3.05, 3.63) is 64.6 Å². The number of carbonyl (C=O) groups is 2. The van der Waals surface area contributed by atoms with Crippen LogP contribution in [0.25, 0.3) is 10.7 Å². The van der Waals surface area contributed by atoms with Crippen LogP contribution in [0.2, 0.25) is 0 Å². The third-order valence-corrected chi connectivity index (χ3v) is 6.66. The molecular formula is C24H27N5O2S. The first kappa shape index (κ1) is 22.1. The van der Waals surface area contributed by atoms with Crippen LogP contribution < -0.4 is 5.32 Å². The Morgan fingerprint density at radius 2 is 2.00 bits per heavy atom. The number of amides is 2. The van der Waals surface area contributed by atoms with E-state index in [1.165, 1.54) is 11.3 Å². The number of aryl methyl sites for hydroxylation is 1. The van der Waals surface area contributed by atoms with Gasteiger partial charge in [-0.05, 0) is 43.5 Å². The molecule has 0 spiro atoms. The van der Waals surface area contributed by atoms with E-state index < -0.39 is 0 Å². The molecular weight excluding hydrogens is 422 g/mol. The molecule has 0 aromatic carbocycles. The quantitative estimate of drug-likeness (QED) is 0.616. The molecule has 0 aliphatic carbocycles. The molecule has 1 aliphatic rings. The second-order valence-electron chi connectivity index (χ2n) is 8.43. The number of hydrogen-bond acceptors (Lipinski definition) is 6. The molecule has 3 aromatic heterocycles. The monoisotopic (exact) mass is 449 g/mol. The van der Waals surface area contributed by atoms with Crippen molar-refractivity contribution in [2.75, 3.05) is 19.6 Å². The van der Waals surface area contributed by atoms with Crippen molar-refractivity contribution in [2.24, 2.45) is 5.92 Å². The second-order valence-corrected chi connectivity index (χ2v) is 9.42. The molecule has 7 nitrogen and oxygen atoms in total. The maximum absolute atomic E-state index is 13.3. The number of likely N-dealkylation sites (tertiary alicyclic amines) is 1. The highest BCUT2D eigenvalue weighted by Gasteiger charge is 2.32. The number of pyridine rings is 2. The van der Waals surface area contributed by atoms with Crippen molar-refractivity contribution >= 4 is 23.2 Å². The van der Waals surface area contributed by atoms with Gasteiger partial charge in [-0.2, -0.15) is 0 Å². The highest BCUT2D eigenvalue weighted by molar-refractivity contribution is 7.17. The average Bonchev–Trinajstić information content (AvgIpc) is 3.45. The predicted molar refractivity (Wildman–Crippen MR) is 125 cm³/mol. The molecule has 1 unspecified atom stereocenters. The Labute approximate surface area is 191 Å². The van der Waals surface area contributed by atoms with Crippen LogP contribution in [0.5, 0.6) is 0 Å². The van der Waals surface area contributed by atoms with Crippen molar-refractivity contribution in [2.45, 2.75) is 33.1 Å². The number of nitrogens with one attached hydrogen (secondary N) is 1. The van der Waals surface area contributed by atoms with E-state index in [2.05, 4.69) is 34.1 Å². The van der Waals surface area contributed by atoms with Gasteiger partial charge in [0, 0.05) is 37.9 Å². The van der Waals surface area contributed by atoms with Crippen molar-refractivity contribution < 1.29 is 9.59 Å². The van der Waals surface area contributed by atoms with Gasteiger partial charge in [-0.1, -0.05) is 19.9 Å². The van der Waals surface area contributed by atoms with Gasteiger partial charge in [0.2, 0.25) is 0 Å². The molecule has 1 N–H and O–H groups in total. The van der Waals surface area contributed by atoms with Gasteiger partial charge < -0.3 is 10.2 Å². The maximum atomic E-state index is 13.3. The highest BCUT2D eigenvalue weighted by atomic mass is 32.1. The fourth-order valence-electron chi connectivity index (χ4n) is 3.83. The summed E-state index contributed by atoms with van der Waals surface area (Å²) in [6.45, 7) is 7.77. The summed E-state index contributed by atoms with van der Waals surface area (Å²) in [6.07, 6.45) is 4.21. The Bertz CT molecular complexity index is 1110. The highest BCUT2D eigenvalue weighted by Crippen LogP contribution is 2.32. The summed E-state index contributed by atoms with van der Waals surface area (Å²) in [7, 11) is 0. The van der Waals surface area contributed by atoms with E-state index in [9.17, 15) is 9.59 Å². The van der Waals surface area contributed by atoms with Gasteiger partial charge in [-0.15, -0.1) is 11.3 Å². The van der Waals surface area contributed by atoms with Gasteiger partial charge in [0.1, 0.15) is 9.88 Å². The summed E-state index contributed by atoms with van der Waals surface area (Å²) in [5.41, 5.74) is 2.85. The van der Waals surface area contributed by atoms with E-state index in [4.69, 9.17) is 0 Å². The smallest absolute Gasteiger partial charge is 0.265 e. The molecule has 1 aliphatic heterocycles. The molecule has 166 valence electrons. The first-order chi connectivity index (χ1) is 15.4. The number of nitrogens with zero attached hydrogens (tertiary/aromatic N) is 4. The van der Waals surface area contributed by atoms with Gasteiger partial charge in [0.05, 0.1) is 22.6 Å². The standard InChI is InChI=1S/C24H27N5O2S/c1-15(2)13-27-22(30)18-7-6-11-26-20(18)17-9-12-29(14-17)24(31)21-16(3)28-23(32-21)19-8-4-5-10-25-19/h4-8,10-11,15,17H,9,12-14H2,1-3H3,(H,27,30). The normalized spacial score (nSPS) is 15.9. The second kappa shape index (κ2) is 9.56. The first-order valence-electron chi connectivity index (χ1n) is 10.8. The molecule has 8 heteroatoms. The van der Waals surface area contributed by atoms with Crippen LogP contribution in [-0.4, -0.2) is 51.3 Å². The molecule has 3 aromatic rings. The molecule has 0 saturated carbocycles. The lowest BCUT2D eigenvalue weighted by Gasteiger charge is -2.17. The molecule has 4 rings (SSSR count). The summed E-state index contributed by atoms with van der Waals surface area (Å²) >= 11 is 1.38. The van der Waals surface area contributed by atoms with Crippen LogP contribution in [0.15, 0.2) is 42.7 Å². The molecule has 1 fully saturated rings. The van der Waals surface area contributed by atoms with E-state index in [1.54, 1.807) is 18.5 Å². The summed E-state index contributed by atoms with van der Waals surface area (Å²) in [6, 6.07) is 9.26. The minimum Gasteiger partial charge on any atom is -0.352 e. The molecule has 1 saturated heterocycles. The fourth-order valence-corrected chi connectivity index (χ4v) is 4.84. The number of thiazole rings is 1. The lowest BCUT2D eigenvalue weighted by Crippen LogP contribution is -2.30. The summed E-state index contributed by atoms with van der Waals surface area (Å²) in [5.74, 6) is 0.275. The van der Waals surface area contributed by atoms with Crippen molar-refractivity contribution in [1.82, 2.24) is 25.2 Å². The minimum absolute atomic E-state index is 0.0218. The van der Waals surface area contributed by atoms with Gasteiger partial charge >= 0.3 is 0 Å². The fraction of sp³-hybridized carbons (Fsp3) is 0.375. The van der Waals surface area contributed by atoms with E-state index >= 15 is 0 Å². The molecule has 32 heavy (non-hydrogen) atoms. The van der Waals surface area contributed by atoms with Gasteiger partial charge in [-0.25, -0.2) is 4.98 Å². The van der Waals surface area contributed by atoms with Crippen molar-refractivity contribution in [3.8, 4) is 10.7 Å². The summed E-state index contributed by atoms with van der Waals surface area (Å²) in [4.78, 5) is 41.9. The number of carbonyl (C=O) groups excluding carboxylic acids is 2. The average molecular weight is 450 g/mol. The molecule has 0 radical (unpaired) electrons. The Hall–Kier alpha value is -3.13. The van der Waals surface area contributed by atoms with Crippen LogP contribution in [0.3, 0.4) is 0 Å². The molecule has 1 atom stereocenters. The van der Waals surface area contributed by atoms with E-state index in [0.717, 1.165) is 28.5 Å². The molecule has 2 amide bonds. The summed E-state index contributed by atoms with van der Waals surface area (Å²) < 4.78 is 0. The van der Waals surface area contributed by atoms with Gasteiger partial charge in [0.25, 0.3) is 11.8 Å². The number of hydrogen-bond donors (Lipinski definition) is 1. The van der Waals surface area contributed by atoms with Crippen LogP contribution in [-0.2, 0) is 0 Å². The predicted octanol–water partition coefficient (Wildman–Crippen LogP) is 3.92. The SMILES string of the molecule is Cc1nc(-c2ccccn2)sc1C(=O)N1CCC(c2ncccc2C(=O)NCC(C)C)C1. The third-order valence-electron chi connectivity index (χ3n) is 5.49. The van der Waals surface area contributed by atoms with Crippen LogP contribution >= 0.6 is 11.3 Å². The van der Waals surface area contributed by atoms with Crippen LogP contribution in [0.4, 0.5) is 0 Å². The third kappa shape index (κ3) is 4.70. The van der Waals surface area contributed by atoms with Gasteiger partial charge in [0.15, 0.2) is 0 Å². The zero-order chi connectivity index (χ0) is 22.7. The topological polar surface area (TPSA) is 88.1 Å². The largest absolute Gasteiger partial charge is 0.352 e. The Morgan fingerprint density at radius 1 is 1.19 bits per heavy atom. The lowest BCUT2D eigenvalue weighted by molar-refractivity contribution is 0.0794. The van der Waals surface area contributed by atoms with Crippen LogP contribution in [0, 0.1) is 12.8 Å². The van der Waals surface area contributed by atoms with E-state index in [1.807, 2.05) is 36.1 Å². The first-order valence-corrected chi connectivity index (χ1v) is 11.7. The number of aromatic nitrogens is 3. The molecule has 4 heterocycles. The van der Waals surface area contributed by atoms with Crippen molar-refractivity contribution in [1.29, 1.82) is 0 Å². The molecule has 0 bridgehead atoms. The van der Waals surface area contributed by atoms with E-state index in [0.29, 0.717) is 36.0 Å². The van der Waals surface area contributed by atoms with Crippen LogP contribution in [0.1, 0.15) is 57.6 Å². The van der Waals surface area contributed by atoms with Crippen molar-refractivity contribution in [3.63, 3.8) is 0 Å². The Kier molecular flexibility index (Phi) is 6.60. The zero-order valence-electron chi connectivity index (χ0n) is 18.5. The Morgan fingerprint density at radius 3 is 2.75 bits per heavy atom. The van der Waals surface area contributed by atoms with E-state index in [-0.39, 0.29) is 17.7 Å². The maximum Gasteiger partial charge on any atom is 0.265 e. The minimum atomic E-state index is -0.107. The van der Waals surface area contributed by atoms with Gasteiger partial charge in [-0.3, -0.25) is 19.6 Å². The summed E-state index contributed by atoms with van der Waals surface area (Å²) in [5, 5.41) is 3.72. The zero-order valence-corrected chi connectivity index (χ0v) is 19.4. The Balaban J connectivity index is 1.50. The number of rotatable bonds is 6.